The number of hydrogen-bond donors (Lipinski definition) is 1. The molecule has 0 spiro atoms. The molecular formula is C18H18FN3OS. The summed E-state index contributed by atoms with van der Waals surface area (Å²) in [6.07, 6.45) is 0.424. The van der Waals surface area contributed by atoms with E-state index in [9.17, 15) is 9.18 Å². The maximum Gasteiger partial charge on any atom is 0.230 e. The molecule has 6 heteroatoms. The van der Waals surface area contributed by atoms with Gasteiger partial charge in [-0.05, 0) is 34.7 Å². The van der Waals surface area contributed by atoms with Crippen molar-refractivity contribution in [1.82, 2.24) is 10.2 Å². The zero-order valence-corrected chi connectivity index (χ0v) is 14.4. The number of nitriles is 1. The zero-order chi connectivity index (χ0) is 17.7. The van der Waals surface area contributed by atoms with Gasteiger partial charge in [0.1, 0.15) is 5.82 Å². The summed E-state index contributed by atoms with van der Waals surface area (Å²) in [6.45, 7) is 3.87. The number of hydrogen-bond acceptors (Lipinski definition) is 4. The first-order valence-corrected chi connectivity index (χ1v) is 8.15. The first-order chi connectivity index (χ1) is 11.6. The van der Waals surface area contributed by atoms with Crippen molar-refractivity contribution in [3.05, 3.63) is 58.6 Å². The maximum atomic E-state index is 11.9. The lowest BCUT2D eigenvalue weighted by Gasteiger charge is -2.32. The SMILES string of the molecule is C=C1NC(c2cc(-c3cccc(C#N)c3)cs2)CC(=O)N1C.CF. The van der Waals surface area contributed by atoms with E-state index in [1.54, 1.807) is 29.4 Å². The van der Waals surface area contributed by atoms with Crippen molar-refractivity contribution in [2.45, 2.75) is 12.5 Å². The van der Waals surface area contributed by atoms with Crippen LogP contribution in [0.3, 0.4) is 0 Å². The molecule has 0 bridgehead atoms. The van der Waals surface area contributed by atoms with Crippen LogP contribution < -0.4 is 5.32 Å². The van der Waals surface area contributed by atoms with E-state index in [0.29, 0.717) is 25.0 Å². The molecule has 0 aliphatic carbocycles. The molecule has 0 saturated carbocycles. The first kappa shape index (κ1) is 17.7. The van der Waals surface area contributed by atoms with Crippen LogP contribution >= 0.6 is 11.3 Å². The molecule has 1 aromatic heterocycles. The van der Waals surface area contributed by atoms with Gasteiger partial charge in [-0.15, -0.1) is 11.3 Å². The quantitative estimate of drug-likeness (QED) is 0.901. The zero-order valence-electron chi connectivity index (χ0n) is 13.5. The Morgan fingerprint density at radius 3 is 2.79 bits per heavy atom. The van der Waals surface area contributed by atoms with Gasteiger partial charge in [0.2, 0.25) is 5.91 Å². The molecule has 1 N–H and O–H groups in total. The number of nitrogens with zero attached hydrogens (tertiary/aromatic N) is 2. The molecule has 24 heavy (non-hydrogen) atoms. The van der Waals surface area contributed by atoms with E-state index in [1.165, 1.54) is 0 Å². The number of halogens is 1. The fourth-order valence-corrected chi connectivity index (χ4v) is 3.41. The minimum atomic E-state index is -0.0332. The van der Waals surface area contributed by atoms with Gasteiger partial charge in [0, 0.05) is 11.9 Å². The molecule has 1 aromatic carbocycles. The topological polar surface area (TPSA) is 56.1 Å². The van der Waals surface area contributed by atoms with Gasteiger partial charge in [-0.1, -0.05) is 18.7 Å². The monoisotopic (exact) mass is 343 g/mol. The summed E-state index contributed by atoms with van der Waals surface area (Å²) in [5.74, 6) is 0.692. The van der Waals surface area contributed by atoms with Crippen molar-refractivity contribution < 1.29 is 9.18 Å². The molecule has 4 nitrogen and oxygen atoms in total. The molecule has 2 aromatic rings. The van der Waals surface area contributed by atoms with Gasteiger partial charge in [-0.25, -0.2) is 0 Å². The third-order valence-electron chi connectivity index (χ3n) is 3.79. The highest BCUT2D eigenvalue weighted by Crippen LogP contribution is 2.33. The van der Waals surface area contributed by atoms with Crippen molar-refractivity contribution in [2.75, 3.05) is 14.2 Å². The van der Waals surface area contributed by atoms with Crippen LogP contribution in [0.15, 0.2) is 48.1 Å². The summed E-state index contributed by atoms with van der Waals surface area (Å²) in [6, 6.07) is 11.7. The standard InChI is InChI=1S/C17H15N3OS.CH3F/c1-11-19-15(8-17(21)20(11)2)16-7-14(10-22-16)13-5-3-4-12(6-13)9-18;1-2/h3-7,10,15,19H,1,8H2,2H3;1H3. The number of amides is 1. The molecule has 1 unspecified atom stereocenters. The smallest absolute Gasteiger partial charge is 0.230 e. The van der Waals surface area contributed by atoms with Crippen molar-refractivity contribution in [1.29, 1.82) is 5.26 Å². The van der Waals surface area contributed by atoms with Gasteiger partial charge in [0.05, 0.1) is 31.3 Å². The van der Waals surface area contributed by atoms with Crippen molar-refractivity contribution in [3.63, 3.8) is 0 Å². The summed E-state index contributed by atoms with van der Waals surface area (Å²) in [5.41, 5.74) is 2.72. The van der Waals surface area contributed by atoms with Gasteiger partial charge >= 0.3 is 0 Å². The van der Waals surface area contributed by atoms with E-state index in [-0.39, 0.29) is 11.9 Å². The number of benzene rings is 1. The van der Waals surface area contributed by atoms with Gasteiger partial charge in [-0.3, -0.25) is 9.18 Å². The third-order valence-corrected chi connectivity index (χ3v) is 4.83. The number of rotatable bonds is 2. The molecule has 124 valence electrons. The first-order valence-electron chi connectivity index (χ1n) is 7.27. The minimum Gasteiger partial charge on any atom is -0.364 e. The number of nitrogens with one attached hydrogen (secondary N) is 1. The lowest BCUT2D eigenvalue weighted by atomic mass is 10.0. The molecule has 3 rings (SSSR count). The Hall–Kier alpha value is -2.65. The lowest BCUT2D eigenvalue weighted by Crippen LogP contribution is -2.42. The Labute approximate surface area is 144 Å². The number of thiophene rings is 1. The minimum absolute atomic E-state index is 0.0332. The Morgan fingerprint density at radius 2 is 2.12 bits per heavy atom. The number of carbonyl (C=O) groups excluding carboxylic acids is 1. The van der Waals surface area contributed by atoms with Gasteiger partial charge in [0.25, 0.3) is 0 Å². The average Bonchev–Trinajstić information content (AvgIpc) is 3.11. The second kappa shape index (κ2) is 7.75. The van der Waals surface area contributed by atoms with Crippen LogP contribution in [0.5, 0.6) is 0 Å². The third kappa shape index (κ3) is 3.63. The molecule has 1 aliphatic heterocycles. The van der Waals surface area contributed by atoms with Gasteiger partial charge in [0.15, 0.2) is 0 Å². The predicted molar refractivity (Wildman–Crippen MR) is 93.9 cm³/mol. The second-order valence-corrected chi connectivity index (χ2v) is 6.17. The van der Waals surface area contributed by atoms with Crippen LogP contribution in [-0.4, -0.2) is 25.0 Å². The normalized spacial score (nSPS) is 16.8. The number of alkyl halides is 1. The fourth-order valence-electron chi connectivity index (χ4n) is 2.44. The summed E-state index contributed by atoms with van der Waals surface area (Å²) >= 11 is 1.61. The summed E-state index contributed by atoms with van der Waals surface area (Å²) in [5, 5.41) is 14.3. The number of carbonyl (C=O) groups is 1. The molecule has 1 aliphatic rings. The van der Waals surface area contributed by atoms with Crippen molar-refractivity contribution in [3.8, 4) is 17.2 Å². The van der Waals surface area contributed by atoms with Crippen LogP contribution in [0.4, 0.5) is 4.39 Å². The molecule has 1 saturated heterocycles. The van der Waals surface area contributed by atoms with E-state index >= 15 is 0 Å². The van der Waals surface area contributed by atoms with Crippen molar-refractivity contribution >= 4 is 17.2 Å². The van der Waals surface area contributed by atoms with Gasteiger partial charge in [-0.2, -0.15) is 5.26 Å². The van der Waals surface area contributed by atoms with E-state index in [1.807, 2.05) is 18.2 Å². The van der Waals surface area contributed by atoms with Crippen LogP contribution in [-0.2, 0) is 4.79 Å². The van der Waals surface area contributed by atoms with Crippen LogP contribution in [0.1, 0.15) is 22.9 Å². The van der Waals surface area contributed by atoms with Crippen LogP contribution in [0.2, 0.25) is 0 Å². The highest BCUT2D eigenvalue weighted by Gasteiger charge is 2.27. The van der Waals surface area contributed by atoms with E-state index in [4.69, 9.17) is 5.26 Å². The summed E-state index contributed by atoms with van der Waals surface area (Å²) in [4.78, 5) is 14.6. The second-order valence-electron chi connectivity index (χ2n) is 5.23. The Morgan fingerprint density at radius 1 is 1.38 bits per heavy atom. The maximum absolute atomic E-state index is 11.9. The molecule has 1 fully saturated rings. The summed E-state index contributed by atoms with van der Waals surface area (Å²) in [7, 11) is 2.22. The highest BCUT2D eigenvalue weighted by atomic mass is 32.1. The largest absolute Gasteiger partial charge is 0.364 e. The van der Waals surface area contributed by atoms with Gasteiger partial charge < -0.3 is 10.2 Å². The van der Waals surface area contributed by atoms with E-state index in [2.05, 4.69) is 29.4 Å². The molecule has 0 radical (unpaired) electrons. The lowest BCUT2D eigenvalue weighted by molar-refractivity contribution is -0.130. The van der Waals surface area contributed by atoms with E-state index < -0.39 is 0 Å². The Kier molecular flexibility index (Phi) is 5.72. The molecule has 1 atom stereocenters. The summed E-state index contributed by atoms with van der Waals surface area (Å²) < 4.78 is 9.50. The molecular weight excluding hydrogens is 325 g/mol. The Bertz CT molecular complexity index is 776. The molecule has 1 amide bonds. The van der Waals surface area contributed by atoms with Crippen LogP contribution in [0, 0.1) is 11.3 Å². The van der Waals surface area contributed by atoms with Crippen molar-refractivity contribution in [2.24, 2.45) is 0 Å². The average molecular weight is 343 g/mol. The van der Waals surface area contributed by atoms with Crippen LogP contribution in [0.25, 0.3) is 11.1 Å². The van der Waals surface area contributed by atoms with E-state index in [0.717, 1.165) is 16.0 Å². The predicted octanol–water partition coefficient (Wildman–Crippen LogP) is 3.84. The fraction of sp³-hybridized carbons (Fsp3) is 0.222. The molecule has 2 heterocycles. The Balaban J connectivity index is 0.00000100. The highest BCUT2D eigenvalue weighted by molar-refractivity contribution is 7.10.